The maximum absolute atomic E-state index is 11.9. The van der Waals surface area contributed by atoms with Crippen molar-refractivity contribution >= 4 is 5.91 Å². The van der Waals surface area contributed by atoms with Crippen molar-refractivity contribution in [2.75, 3.05) is 19.6 Å². The van der Waals surface area contributed by atoms with Gasteiger partial charge in [-0.25, -0.2) is 0 Å². The van der Waals surface area contributed by atoms with Crippen LogP contribution in [0.3, 0.4) is 0 Å². The minimum atomic E-state index is -4.38. The molecule has 17 heavy (non-hydrogen) atoms. The first-order valence-electron chi connectivity index (χ1n) is 5.31. The van der Waals surface area contributed by atoms with Gasteiger partial charge >= 0.3 is 6.18 Å². The van der Waals surface area contributed by atoms with Gasteiger partial charge in [-0.1, -0.05) is 0 Å². The molecule has 7 heteroatoms. The molecule has 0 saturated heterocycles. The highest BCUT2D eigenvalue weighted by Gasteiger charge is 2.28. The fourth-order valence-corrected chi connectivity index (χ4v) is 1.28. The van der Waals surface area contributed by atoms with Crippen molar-refractivity contribution < 1.29 is 18.0 Å². The Morgan fingerprint density at radius 3 is 2.29 bits per heavy atom. The summed E-state index contributed by atoms with van der Waals surface area (Å²) in [5.41, 5.74) is 0. The Morgan fingerprint density at radius 1 is 1.41 bits per heavy atom. The van der Waals surface area contributed by atoms with E-state index in [1.54, 1.807) is 19.9 Å². The quantitative estimate of drug-likeness (QED) is 0.774. The topological polar surface area (TPSA) is 56.1 Å². The molecule has 1 unspecified atom stereocenters. The molecule has 4 nitrogen and oxygen atoms in total. The third-order valence-electron chi connectivity index (χ3n) is 2.20. The van der Waals surface area contributed by atoms with Crippen LogP contribution in [-0.2, 0) is 4.79 Å². The smallest absolute Gasteiger partial charge is 0.343 e. The van der Waals surface area contributed by atoms with Crippen LogP contribution in [0.5, 0.6) is 0 Å². The van der Waals surface area contributed by atoms with Crippen LogP contribution in [0.4, 0.5) is 13.2 Å². The van der Waals surface area contributed by atoms with Gasteiger partial charge in [0.25, 0.3) is 0 Å². The van der Waals surface area contributed by atoms with E-state index >= 15 is 0 Å². The molecule has 0 aliphatic heterocycles. The summed E-state index contributed by atoms with van der Waals surface area (Å²) in [5.74, 6) is -0.323. The Balaban J connectivity index is 4.23. The van der Waals surface area contributed by atoms with Crippen LogP contribution in [0.2, 0.25) is 0 Å². The summed E-state index contributed by atoms with van der Waals surface area (Å²) in [5, 5.41) is 10.7. The summed E-state index contributed by atoms with van der Waals surface area (Å²) in [6.07, 6.45) is -4.62. The number of amides is 1. The average Bonchev–Trinajstić information content (AvgIpc) is 2.24. The van der Waals surface area contributed by atoms with Gasteiger partial charge in [0.15, 0.2) is 0 Å². The number of nitriles is 1. The predicted molar refractivity (Wildman–Crippen MR) is 56.0 cm³/mol. The molecule has 0 rings (SSSR count). The van der Waals surface area contributed by atoms with Crippen molar-refractivity contribution in [3.05, 3.63) is 0 Å². The summed E-state index contributed by atoms with van der Waals surface area (Å²) in [6.45, 7) is 3.23. The molecule has 98 valence electrons. The van der Waals surface area contributed by atoms with Gasteiger partial charge in [0.2, 0.25) is 5.91 Å². The molecule has 0 fully saturated rings. The number of rotatable bonds is 6. The lowest BCUT2D eigenvalue weighted by Gasteiger charge is -2.20. The number of alkyl halides is 3. The van der Waals surface area contributed by atoms with E-state index in [1.807, 2.05) is 5.32 Å². The second kappa shape index (κ2) is 7.12. The molecule has 1 atom stereocenters. The number of carbonyl (C=O) groups excluding carboxylic acids is 1. The lowest BCUT2D eigenvalue weighted by Crippen LogP contribution is -2.41. The summed E-state index contributed by atoms with van der Waals surface area (Å²) in [4.78, 5) is 13.0. The maximum atomic E-state index is 11.9. The lowest BCUT2D eigenvalue weighted by atomic mass is 10.2. The van der Waals surface area contributed by atoms with E-state index in [4.69, 9.17) is 5.26 Å². The monoisotopic (exact) mass is 251 g/mol. The molecule has 0 aromatic heterocycles. The van der Waals surface area contributed by atoms with Gasteiger partial charge in [-0.3, -0.25) is 10.1 Å². The van der Waals surface area contributed by atoms with Crippen molar-refractivity contribution in [3.63, 3.8) is 0 Å². The van der Waals surface area contributed by atoms with Crippen molar-refractivity contribution in [1.29, 1.82) is 5.26 Å². The van der Waals surface area contributed by atoms with Gasteiger partial charge in [-0.05, 0) is 13.8 Å². The van der Waals surface area contributed by atoms with E-state index in [2.05, 4.69) is 0 Å². The second-order valence-electron chi connectivity index (χ2n) is 3.45. The minimum absolute atomic E-state index is 0.242. The Hall–Kier alpha value is -1.29. The summed E-state index contributed by atoms with van der Waals surface area (Å²) < 4.78 is 35.7. The van der Waals surface area contributed by atoms with E-state index in [-0.39, 0.29) is 12.3 Å². The molecule has 0 saturated carbocycles. The van der Waals surface area contributed by atoms with Crippen LogP contribution in [0.1, 0.15) is 20.3 Å². The molecule has 0 bridgehead atoms. The number of halogens is 3. The van der Waals surface area contributed by atoms with E-state index in [1.165, 1.54) is 4.90 Å². The van der Waals surface area contributed by atoms with Crippen molar-refractivity contribution in [2.24, 2.45) is 0 Å². The van der Waals surface area contributed by atoms with E-state index < -0.39 is 18.8 Å². The molecule has 1 N–H and O–H groups in total. The summed E-state index contributed by atoms with van der Waals surface area (Å²) >= 11 is 0. The van der Waals surface area contributed by atoms with Gasteiger partial charge in [-0.15, -0.1) is 0 Å². The zero-order valence-corrected chi connectivity index (χ0v) is 9.84. The van der Waals surface area contributed by atoms with Gasteiger partial charge < -0.3 is 4.90 Å². The number of hydrogen-bond donors (Lipinski definition) is 1. The SMILES string of the molecule is CCN(CC)C(=O)CC(C#N)NCC(F)(F)F. The van der Waals surface area contributed by atoms with Crippen LogP contribution in [0, 0.1) is 11.3 Å². The number of hydrogen-bond acceptors (Lipinski definition) is 3. The molecule has 0 aromatic carbocycles. The van der Waals surface area contributed by atoms with Crippen molar-refractivity contribution in [1.82, 2.24) is 10.2 Å². The molecule has 1 amide bonds. The van der Waals surface area contributed by atoms with Crippen LogP contribution in [-0.4, -0.2) is 42.7 Å². The molecule has 0 aliphatic carbocycles. The first-order chi connectivity index (χ1) is 7.84. The standard InChI is InChI=1S/C10H16F3N3O/c1-3-16(4-2)9(17)5-8(6-14)15-7-10(11,12)13/h8,15H,3-5,7H2,1-2H3. The molecule has 0 aliphatic rings. The highest BCUT2D eigenvalue weighted by Crippen LogP contribution is 2.13. The Labute approximate surface area is 98.4 Å². The molecule has 0 aromatic rings. The summed E-state index contributed by atoms with van der Waals surface area (Å²) in [6, 6.07) is 0.543. The molecule has 0 heterocycles. The van der Waals surface area contributed by atoms with Crippen molar-refractivity contribution in [2.45, 2.75) is 32.5 Å². The highest BCUT2D eigenvalue weighted by molar-refractivity contribution is 5.77. The van der Waals surface area contributed by atoms with Crippen LogP contribution < -0.4 is 5.32 Å². The third-order valence-corrected chi connectivity index (χ3v) is 2.20. The molecular weight excluding hydrogens is 235 g/mol. The van der Waals surface area contributed by atoms with Crippen LogP contribution in [0.15, 0.2) is 0 Å². The van der Waals surface area contributed by atoms with E-state index in [0.29, 0.717) is 13.1 Å². The fourth-order valence-electron chi connectivity index (χ4n) is 1.28. The Morgan fingerprint density at radius 2 is 1.94 bits per heavy atom. The normalized spacial score (nSPS) is 12.9. The number of nitrogens with zero attached hydrogens (tertiary/aromatic N) is 2. The predicted octanol–water partition coefficient (Wildman–Crippen LogP) is 1.29. The van der Waals surface area contributed by atoms with Gasteiger partial charge in [0, 0.05) is 13.1 Å². The van der Waals surface area contributed by atoms with E-state index in [9.17, 15) is 18.0 Å². The molecular formula is C10H16F3N3O. The van der Waals surface area contributed by atoms with Gasteiger partial charge in [-0.2, -0.15) is 18.4 Å². The second-order valence-corrected chi connectivity index (χ2v) is 3.45. The number of nitrogens with one attached hydrogen (secondary N) is 1. The van der Waals surface area contributed by atoms with Gasteiger partial charge in [0.05, 0.1) is 19.0 Å². The fraction of sp³-hybridized carbons (Fsp3) is 0.800. The lowest BCUT2D eigenvalue weighted by molar-refractivity contribution is -0.133. The molecule has 0 spiro atoms. The Kier molecular flexibility index (Phi) is 6.58. The zero-order valence-electron chi connectivity index (χ0n) is 9.84. The minimum Gasteiger partial charge on any atom is -0.343 e. The third kappa shape index (κ3) is 6.79. The first-order valence-corrected chi connectivity index (χ1v) is 5.31. The average molecular weight is 251 g/mol. The Bertz CT molecular complexity index is 282. The first kappa shape index (κ1) is 15.7. The van der Waals surface area contributed by atoms with E-state index in [0.717, 1.165) is 0 Å². The van der Waals surface area contributed by atoms with Crippen LogP contribution in [0.25, 0.3) is 0 Å². The van der Waals surface area contributed by atoms with Crippen LogP contribution >= 0.6 is 0 Å². The maximum Gasteiger partial charge on any atom is 0.401 e. The highest BCUT2D eigenvalue weighted by atomic mass is 19.4. The van der Waals surface area contributed by atoms with Gasteiger partial charge in [0.1, 0.15) is 6.04 Å². The van der Waals surface area contributed by atoms with Crippen molar-refractivity contribution in [3.8, 4) is 6.07 Å². The largest absolute Gasteiger partial charge is 0.401 e. The molecule has 0 radical (unpaired) electrons. The summed E-state index contributed by atoms with van der Waals surface area (Å²) in [7, 11) is 0. The number of carbonyl (C=O) groups is 1. The zero-order chi connectivity index (χ0) is 13.5.